The Morgan fingerprint density at radius 3 is 2.71 bits per heavy atom. The Balaban J connectivity index is 2.63. The topological polar surface area (TPSA) is 20.2 Å². The molecular formula is C13H18O. The SMILES string of the molecule is Cc1cc(O)cc2c1C(C)(C)CCC2. The van der Waals surface area contributed by atoms with Crippen molar-refractivity contribution in [1.29, 1.82) is 0 Å². The monoisotopic (exact) mass is 190 g/mol. The summed E-state index contributed by atoms with van der Waals surface area (Å²) in [5, 5.41) is 9.54. The molecule has 1 N–H and O–H groups in total. The maximum atomic E-state index is 9.54. The Kier molecular flexibility index (Phi) is 2.06. The molecule has 0 aliphatic heterocycles. The third kappa shape index (κ3) is 1.41. The van der Waals surface area contributed by atoms with Crippen molar-refractivity contribution in [2.75, 3.05) is 0 Å². The Hall–Kier alpha value is -0.980. The number of phenolic OH excluding ortho intramolecular Hbond substituents is 1. The minimum absolute atomic E-state index is 0.283. The van der Waals surface area contributed by atoms with E-state index in [-0.39, 0.29) is 5.41 Å². The van der Waals surface area contributed by atoms with Gasteiger partial charge in [0.05, 0.1) is 0 Å². The van der Waals surface area contributed by atoms with E-state index in [1.165, 1.54) is 29.5 Å². The lowest BCUT2D eigenvalue weighted by Gasteiger charge is -2.34. The van der Waals surface area contributed by atoms with Gasteiger partial charge in [0.15, 0.2) is 0 Å². The fourth-order valence-electron chi connectivity index (χ4n) is 2.85. The van der Waals surface area contributed by atoms with Crippen molar-refractivity contribution < 1.29 is 5.11 Å². The van der Waals surface area contributed by atoms with Crippen LogP contribution in [0.4, 0.5) is 0 Å². The van der Waals surface area contributed by atoms with Gasteiger partial charge in [-0.3, -0.25) is 0 Å². The third-order valence-corrected chi connectivity index (χ3v) is 3.33. The van der Waals surface area contributed by atoms with Crippen molar-refractivity contribution in [1.82, 2.24) is 0 Å². The molecule has 1 nitrogen and oxygen atoms in total. The van der Waals surface area contributed by atoms with Crippen molar-refractivity contribution in [3.63, 3.8) is 0 Å². The van der Waals surface area contributed by atoms with Gasteiger partial charge >= 0.3 is 0 Å². The normalized spacial score (nSPS) is 19.1. The summed E-state index contributed by atoms with van der Waals surface area (Å²) >= 11 is 0. The zero-order valence-electron chi connectivity index (χ0n) is 9.22. The molecule has 0 saturated heterocycles. The summed E-state index contributed by atoms with van der Waals surface area (Å²) in [7, 11) is 0. The predicted octanol–water partition coefficient (Wildman–Crippen LogP) is 3.31. The highest BCUT2D eigenvalue weighted by molar-refractivity contribution is 5.46. The maximum absolute atomic E-state index is 9.54. The van der Waals surface area contributed by atoms with Gasteiger partial charge in [0.2, 0.25) is 0 Å². The van der Waals surface area contributed by atoms with Crippen molar-refractivity contribution in [3.8, 4) is 5.75 Å². The van der Waals surface area contributed by atoms with E-state index in [2.05, 4.69) is 20.8 Å². The lowest BCUT2D eigenvalue weighted by Crippen LogP contribution is -2.24. The first-order chi connectivity index (χ1) is 6.50. The number of hydrogen-bond donors (Lipinski definition) is 1. The first-order valence-electron chi connectivity index (χ1n) is 5.34. The molecule has 0 unspecified atom stereocenters. The second-order valence-corrected chi connectivity index (χ2v) is 5.03. The van der Waals surface area contributed by atoms with Gasteiger partial charge in [-0.15, -0.1) is 0 Å². The van der Waals surface area contributed by atoms with E-state index in [1.54, 1.807) is 0 Å². The van der Waals surface area contributed by atoms with Gasteiger partial charge in [-0.1, -0.05) is 13.8 Å². The van der Waals surface area contributed by atoms with Crippen LogP contribution in [0.1, 0.15) is 43.4 Å². The first-order valence-corrected chi connectivity index (χ1v) is 5.34. The summed E-state index contributed by atoms with van der Waals surface area (Å²) in [5.74, 6) is 0.416. The Morgan fingerprint density at radius 2 is 2.00 bits per heavy atom. The first kappa shape index (κ1) is 9.57. The summed E-state index contributed by atoms with van der Waals surface area (Å²) < 4.78 is 0. The van der Waals surface area contributed by atoms with E-state index in [9.17, 15) is 5.11 Å². The van der Waals surface area contributed by atoms with E-state index >= 15 is 0 Å². The number of aryl methyl sites for hydroxylation is 2. The Morgan fingerprint density at radius 1 is 1.29 bits per heavy atom. The molecule has 76 valence electrons. The zero-order chi connectivity index (χ0) is 10.3. The van der Waals surface area contributed by atoms with E-state index < -0.39 is 0 Å². The molecule has 0 atom stereocenters. The third-order valence-electron chi connectivity index (χ3n) is 3.33. The number of fused-ring (bicyclic) bond motifs is 1. The van der Waals surface area contributed by atoms with E-state index in [4.69, 9.17) is 0 Å². The highest BCUT2D eigenvalue weighted by atomic mass is 16.3. The van der Waals surface area contributed by atoms with Crippen LogP contribution in [-0.4, -0.2) is 5.11 Å². The van der Waals surface area contributed by atoms with Crippen LogP contribution in [-0.2, 0) is 11.8 Å². The van der Waals surface area contributed by atoms with Gasteiger partial charge in [0.1, 0.15) is 5.75 Å². The lowest BCUT2D eigenvalue weighted by molar-refractivity contribution is 0.423. The van der Waals surface area contributed by atoms with Gasteiger partial charge in [-0.2, -0.15) is 0 Å². The van der Waals surface area contributed by atoms with Crippen molar-refractivity contribution in [2.24, 2.45) is 0 Å². The highest BCUT2D eigenvalue weighted by Crippen LogP contribution is 2.40. The minimum atomic E-state index is 0.283. The zero-order valence-corrected chi connectivity index (χ0v) is 9.22. The van der Waals surface area contributed by atoms with Gasteiger partial charge in [0.25, 0.3) is 0 Å². The van der Waals surface area contributed by atoms with E-state index in [0.29, 0.717) is 5.75 Å². The molecule has 0 fully saturated rings. The molecule has 14 heavy (non-hydrogen) atoms. The molecule has 1 heteroatoms. The average molecular weight is 190 g/mol. The largest absolute Gasteiger partial charge is 0.508 e. The fraction of sp³-hybridized carbons (Fsp3) is 0.538. The van der Waals surface area contributed by atoms with Crippen LogP contribution in [0.2, 0.25) is 0 Å². The van der Waals surface area contributed by atoms with E-state index in [0.717, 1.165) is 6.42 Å². The average Bonchev–Trinajstić information content (AvgIpc) is 2.00. The highest BCUT2D eigenvalue weighted by Gasteiger charge is 2.28. The molecule has 0 bridgehead atoms. The number of rotatable bonds is 0. The Labute approximate surface area is 85.8 Å². The lowest BCUT2D eigenvalue weighted by atomic mass is 9.71. The van der Waals surface area contributed by atoms with Crippen LogP contribution in [0.15, 0.2) is 12.1 Å². The second kappa shape index (κ2) is 3.01. The molecule has 0 amide bonds. The molecule has 1 aliphatic carbocycles. The molecule has 1 aliphatic rings. The number of hydrogen-bond acceptors (Lipinski definition) is 1. The van der Waals surface area contributed by atoms with Gasteiger partial charge in [-0.05, 0) is 60.4 Å². The number of benzene rings is 1. The molecule has 0 radical (unpaired) electrons. The van der Waals surface area contributed by atoms with Crippen LogP contribution in [0.3, 0.4) is 0 Å². The van der Waals surface area contributed by atoms with Crippen LogP contribution in [0, 0.1) is 6.92 Å². The fourth-order valence-corrected chi connectivity index (χ4v) is 2.85. The maximum Gasteiger partial charge on any atom is 0.116 e. The van der Waals surface area contributed by atoms with E-state index in [1.807, 2.05) is 12.1 Å². The molecule has 2 rings (SSSR count). The summed E-state index contributed by atoms with van der Waals surface area (Å²) in [5.41, 5.74) is 4.33. The number of phenols is 1. The molecular weight excluding hydrogens is 172 g/mol. The molecule has 0 heterocycles. The summed E-state index contributed by atoms with van der Waals surface area (Å²) in [6.45, 7) is 6.70. The van der Waals surface area contributed by atoms with Crippen LogP contribution < -0.4 is 0 Å². The van der Waals surface area contributed by atoms with Crippen molar-refractivity contribution in [3.05, 3.63) is 28.8 Å². The Bertz CT molecular complexity index is 364. The summed E-state index contributed by atoms with van der Waals surface area (Å²) in [6.07, 6.45) is 3.61. The molecule has 1 aromatic rings. The quantitative estimate of drug-likeness (QED) is 0.665. The standard InChI is InChI=1S/C13H18O/c1-9-7-11(14)8-10-5-4-6-13(2,3)12(9)10/h7-8,14H,4-6H2,1-3H3. The van der Waals surface area contributed by atoms with Gasteiger partial charge in [0, 0.05) is 0 Å². The minimum Gasteiger partial charge on any atom is -0.508 e. The van der Waals surface area contributed by atoms with Crippen molar-refractivity contribution in [2.45, 2.75) is 45.4 Å². The van der Waals surface area contributed by atoms with Crippen LogP contribution >= 0.6 is 0 Å². The summed E-state index contributed by atoms with van der Waals surface area (Å²) in [6, 6.07) is 3.81. The second-order valence-electron chi connectivity index (χ2n) is 5.03. The molecule has 1 aromatic carbocycles. The molecule has 0 aromatic heterocycles. The van der Waals surface area contributed by atoms with Crippen LogP contribution in [0.5, 0.6) is 5.75 Å². The van der Waals surface area contributed by atoms with Gasteiger partial charge < -0.3 is 5.11 Å². The van der Waals surface area contributed by atoms with Crippen LogP contribution in [0.25, 0.3) is 0 Å². The molecule has 0 spiro atoms. The predicted molar refractivity (Wildman–Crippen MR) is 58.8 cm³/mol. The van der Waals surface area contributed by atoms with Gasteiger partial charge in [-0.25, -0.2) is 0 Å². The van der Waals surface area contributed by atoms with Crippen molar-refractivity contribution >= 4 is 0 Å². The summed E-state index contributed by atoms with van der Waals surface area (Å²) in [4.78, 5) is 0. The molecule has 0 saturated carbocycles. The smallest absolute Gasteiger partial charge is 0.116 e. The number of aromatic hydroxyl groups is 1.